The summed E-state index contributed by atoms with van der Waals surface area (Å²) in [6, 6.07) is 0.611. The van der Waals surface area contributed by atoms with E-state index in [1.807, 2.05) is 0 Å². The van der Waals surface area contributed by atoms with Gasteiger partial charge in [0.05, 0.1) is 13.2 Å². The van der Waals surface area contributed by atoms with Crippen molar-refractivity contribution in [3.05, 3.63) is 0 Å². The van der Waals surface area contributed by atoms with Crippen LogP contribution in [0.4, 0.5) is 0 Å². The molecule has 0 aliphatic heterocycles. The average Bonchev–Trinajstić information content (AvgIpc) is 3.18. The van der Waals surface area contributed by atoms with Crippen LogP contribution in [0.3, 0.4) is 0 Å². The second kappa shape index (κ2) is 10.8. The lowest BCUT2D eigenvalue weighted by Gasteiger charge is -2.62. The van der Waals surface area contributed by atoms with E-state index in [9.17, 15) is 9.90 Å². The molecule has 4 aliphatic rings. The van der Waals surface area contributed by atoms with E-state index in [1.54, 1.807) is 0 Å². The van der Waals surface area contributed by atoms with Crippen molar-refractivity contribution in [3.8, 4) is 0 Å². The lowest BCUT2D eigenvalue weighted by Crippen LogP contribution is -2.59. The highest BCUT2D eigenvalue weighted by Gasteiger charge is 2.62. The molecule has 196 valence electrons. The minimum Gasteiger partial charge on any atom is -0.469 e. The molecule has 4 fully saturated rings. The highest BCUT2D eigenvalue weighted by molar-refractivity contribution is 5.69. The monoisotopic (exact) mass is 476 g/mol. The van der Waals surface area contributed by atoms with Crippen LogP contribution in [-0.2, 0) is 9.53 Å². The highest BCUT2D eigenvalue weighted by atomic mass is 16.5. The average molecular weight is 477 g/mol. The number of esters is 1. The van der Waals surface area contributed by atoms with E-state index in [-0.39, 0.29) is 12.1 Å². The van der Waals surface area contributed by atoms with E-state index in [4.69, 9.17) is 10.5 Å². The van der Waals surface area contributed by atoms with Crippen LogP contribution in [0.15, 0.2) is 0 Å². The van der Waals surface area contributed by atoms with Gasteiger partial charge < -0.3 is 20.9 Å². The van der Waals surface area contributed by atoms with Gasteiger partial charge in [-0.05, 0) is 130 Å². The Kier molecular flexibility index (Phi) is 8.36. The summed E-state index contributed by atoms with van der Waals surface area (Å²) in [5, 5.41) is 15.4. The van der Waals surface area contributed by atoms with Gasteiger partial charge in [0.2, 0.25) is 0 Å². The summed E-state index contributed by atoms with van der Waals surface area (Å²) in [7, 11) is 1.49. The van der Waals surface area contributed by atoms with Gasteiger partial charge in [-0.3, -0.25) is 4.79 Å². The van der Waals surface area contributed by atoms with Crippen LogP contribution in [0.5, 0.6) is 0 Å². The summed E-state index contributed by atoms with van der Waals surface area (Å²) in [4.78, 5) is 11.7. The number of hydrogen-bond acceptors (Lipinski definition) is 5. The number of nitrogens with one attached hydrogen (secondary N) is 1. The second-order valence-corrected chi connectivity index (χ2v) is 13.0. The molecule has 3 unspecified atom stereocenters. The van der Waals surface area contributed by atoms with Crippen molar-refractivity contribution in [2.45, 2.75) is 110 Å². The molecule has 34 heavy (non-hydrogen) atoms. The Labute approximate surface area is 208 Å². The zero-order valence-corrected chi connectivity index (χ0v) is 22.4. The maximum absolute atomic E-state index is 11.7. The molecule has 0 heterocycles. The number of hydrogen-bond donors (Lipinski definition) is 3. The second-order valence-electron chi connectivity index (χ2n) is 13.0. The number of unbranched alkanes of at least 4 members (excludes halogenated alkanes) is 1. The lowest BCUT2D eigenvalue weighted by atomic mass is 9.43. The van der Waals surface area contributed by atoms with E-state index in [0.717, 1.165) is 32.4 Å². The highest BCUT2D eigenvalue weighted by Crippen LogP contribution is 2.68. The molecule has 4 aliphatic carbocycles. The third-order valence-corrected chi connectivity index (χ3v) is 11.5. The number of carbonyl (C=O) groups excluding carboxylic acids is 1. The number of methoxy groups -OCH3 is 1. The minimum atomic E-state index is -0.146. The first-order chi connectivity index (χ1) is 16.2. The Morgan fingerprint density at radius 1 is 1.09 bits per heavy atom. The van der Waals surface area contributed by atoms with Crippen LogP contribution < -0.4 is 11.1 Å². The standard InChI is InChI=1S/C29H52N2O3/c1-19(7-10-26(33)34-4)22-8-9-23-27-24(12-14-29(22,23)3)28(2)13-11-21(31-16-6-5-15-30)17-20(28)18-25(27)32/h19-25,27,31-32H,5-18,30H2,1-4H3/t19-,20-,21+,22-,23?,24?,25-,27?,28+,29-/m1/s1. The number of ether oxygens (including phenoxy) is 1. The van der Waals surface area contributed by atoms with E-state index in [0.29, 0.717) is 58.8 Å². The number of fused-ring (bicyclic) bond motifs is 5. The van der Waals surface area contributed by atoms with Crippen molar-refractivity contribution in [2.75, 3.05) is 20.2 Å². The summed E-state index contributed by atoms with van der Waals surface area (Å²) in [5.74, 6) is 3.53. The summed E-state index contributed by atoms with van der Waals surface area (Å²) < 4.78 is 4.90. The van der Waals surface area contributed by atoms with Gasteiger partial charge in [-0.15, -0.1) is 0 Å². The molecule has 4 saturated carbocycles. The van der Waals surface area contributed by atoms with Gasteiger partial charge in [0.25, 0.3) is 0 Å². The molecule has 0 aromatic carbocycles. The Bertz CT molecular complexity index is 701. The van der Waals surface area contributed by atoms with Gasteiger partial charge in [0.15, 0.2) is 0 Å². The predicted molar refractivity (Wildman–Crippen MR) is 137 cm³/mol. The molecule has 0 radical (unpaired) electrons. The number of aliphatic hydroxyl groups excluding tert-OH is 1. The summed E-state index contributed by atoms with van der Waals surface area (Å²) >= 11 is 0. The van der Waals surface area contributed by atoms with Crippen LogP contribution in [0.2, 0.25) is 0 Å². The van der Waals surface area contributed by atoms with E-state index in [2.05, 4.69) is 26.1 Å². The van der Waals surface area contributed by atoms with Crippen molar-refractivity contribution < 1.29 is 14.6 Å². The van der Waals surface area contributed by atoms with Gasteiger partial charge in [-0.1, -0.05) is 20.8 Å². The Balaban J connectivity index is 1.42. The molecule has 5 heteroatoms. The Morgan fingerprint density at radius 3 is 2.56 bits per heavy atom. The van der Waals surface area contributed by atoms with Crippen LogP contribution >= 0.6 is 0 Å². The van der Waals surface area contributed by atoms with Crippen molar-refractivity contribution in [1.29, 1.82) is 0 Å². The van der Waals surface area contributed by atoms with Gasteiger partial charge in [0, 0.05) is 12.5 Å². The molecule has 0 bridgehead atoms. The molecular formula is C29H52N2O3. The smallest absolute Gasteiger partial charge is 0.305 e. The van der Waals surface area contributed by atoms with E-state index < -0.39 is 0 Å². The van der Waals surface area contributed by atoms with Crippen LogP contribution in [0.25, 0.3) is 0 Å². The van der Waals surface area contributed by atoms with Gasteiger partial charge in [-0.2, -0.15) is 0 Å². The van der Waals surface area contributed by atoms with E-state index in [1.165, 1.54) is 58.5 Å². The predicted octanol–water partition coefficient (Wildman–Crippen LogP) is 4.90. The SMILES string of the molecule is COC(=O)CC[C@@H](C)[C@H]1CCC2C3C(CC[C@@]21C)[C@@]1(C)CC[C@H](NCCCCN)C[C@@H]1C[C@H]3O. The van der Waals surface area contributed by atoms with Crippen molar-refractivity contribution in [1.82, 2.24) is 5.32 Å². The fourth-order valence-corrected chi connectivity index (χ4v) is 9.61. The van der Waals surface area contributed by atoms with Gasteiger partial charge >= 0.3 is 5.97 Å². The maximum Gasteiger partial charge on any atom is 0.305 e. The first-order valence-electron chi connectivity index (χ1n) is 14.4. The molecule has 0 aromatic heterocycles. The quantitative estimate of drug-likeness (QED) is 0.325. The molecule has 5 nitrogen and oxygen atoms in total. The van der Waals surface area contributed by atoms with Crippen molar-refractivity contribution in [3.63, 3.8) is 0 Å². The van der Waals surface area contributed by atoms with Crippen LogP contribution in [-0.4, -0.2) is 43.4 Å². The van der Waals surface area contributed by atoms with Gasteiger partial charge in [0.1, 0.15) is 0 Å². The molecular weight excluding hydrogens is 424 g/mol. The molecule has 0 saturated heterocycles. The normalized spacial score (nSPS) is 44.6. The van der Waals surface area contributed by atoms with Gasteiger partial charge in [-0.25, -0.2) is 0 Å². The Morgan fingerprint density at radius 2 is 1.82 bits per heavy atom. The fraction of sp³-hybridized carbons (Fsp3) is 0.966. The summed E-state index contributed by atoms with van der Waals surface area (Å²) in [6.45, 7) is 9.33. The van der Waals surface area contributed by atoms with Crippen molar-refractivity contribution in [2.24, 2.45) is 52.1 Å². The number of rotatable bonds is 9. The molecule has 0 amide bonds. The number of carbonyl (C=O) groups is 1. The number of nitrogens with two attached hydrogens (primary N) is 1. The van der Waals surface area contributed by atoms with Crippen molar-refractivity contribution >= 4 is 5.97 Å². The molecule has 4 rings (SSSR count). The third kappa shape index (κ3) is 4.83. The summed E-state index contributed by atoms with van der Waals surface area (Å²) in [5.41, 5.74) is 6.35. The molecule has 10 atom stereocenters. The van der Waals surface area contributed by atoms with Crippen LogP contribution in [0, 0.1) is 46.3 Å². The lowest BCUT2D eigenvalue weighted by molar-refractivity contribution is -0.167. The minimum absolute atomic E-state index is 0.0820. The largest absolute Gasteiger partial charge is 0.469 e. The third-order valence-electron chi connectivity index (χ3n) is 11.5. The zero-order valence-electron chi connectivity index (χ0n) is 22.4. The fourth-order valence-electron chi connectivity index (χ4n) is 9.61. The van der Waals surface area contributed by atoms with Crippen LogP contribution in [0.1, 0.15) is 97.8 Å². The topological polar surface area (TPSA) is 84.6 Å². The first kappa shape index (κ1) is 26.4. The molecule has 4 N–H and O–H groups in total. The molecule has 0 aromatic rings. The number of aliphatic hydroxyl groups is 1. The Hall–Kier alpha value is -0.650. The first-order valence-corrected chi connectivity index (χ1v) is 14.4. The summed E-state index contributed by atoms with van der Waals surface area (Å²) in [6.07, 6.45) is 13.5. The maximum atomic E-state index is 11.7. The molecule has 0 spiro atoms. The van der Waals surface area contributed by atoms with E-state index >= 15 is 0 Å². The zero-order chi connectivity index (χ0) is 24.5.